The molecule has 0 aromatic heterocycles. The van der Waals surface area contributed by atoms with Gasteiger partial charge in [0, 0.05) is 26.2 Å². The van der Waals surface area contributed by atoms with E-state index in [1.807, 2.05) is 0 Å². The third kappa shape index (κ3) is 3.82. The molecule has 0 amide bonds. The molecule has 1 fully saturated rings. The fourth-order valence-electron chi connectivity index (χ4n) is 3.70. The summed E-state index contributed by atoms with van der Waals surface area (Å²) in [5.41, 5.74) is 4.51. The highest BCUT2D eigenvalue weighted by molar-refractivity contribution is 5.45. The average molecular weight is 302 g/mol. The van der Waals surface area contributed by atoms with Crippen LogP contribution in [0.3, 0.4) is 0 Å². The number of hydrogen-bond donors (Lipinski definition) is 0. The Morgan fingerprint density at radius 2 is 1.77 bits per heavy atom. The number of fused-ring (bicyclic) bond motifs is 1. The van der Waals surface area contributed by atoms with Crippen LogP contribution in [0.4, 0.5) is 0 Å². The second-order valence-electron chi connectivity index (χ2n) is 6.76. The van der Waals surface area contributed by atoms with E-state index in [2.05, 4.69) is 35.9 Å². The van der Waals surface area contributed by atoms with Gasteiger partial charge in [0.2, 0.25) is 0 Å². The molecule has 0 radical (unpaired) electrons. The lowest BCUT2D eigenvalue weighted by molar-refractivity contribution is 0.153. The maximum atomic E-state index is 5.90. The maximum Gasteiger partial charge on any atom is 0.122 e. The quantitative estimate of drug-likeness (QED) is 0.803. The van der Waals surface area contributed by atoms with E-state index in [1.54, 1.807) is 5.56 Å². The van der Waals surface area contributed by atoms with Crippen LogP contribution in [0, 0.1) is 0 Å². The Kier molecular flexibility index (Phi) is 5.37. The zero-order valence-electron chi connectivity index (χ0n) is 14.2. The fraction of sp³-hybridized carbons (Fsp3) is 0.684. The fourth-order valence-corrected chi connectivity index (χ4v) is 3.70. The van der Waals surface area contributed by atoms with Gasteiger partial charge in [0.25, 0.3) is 0 Å². The predicted molar refractivity (Wildman–Crippen MR) is 91.9 cm³/mol. The van der Waals surface area contributed by atoms with Crippen molar-refractivity contribution >= 4 is 0 Å². The van der Waals surface area contributed by atoms with Gasteiger partial charge in [0.1, 0.15) is 5.75 Å². The number of aryl methyl sites for hydroxylation is 3. The highest BCUT2D eigenvalue weighted by Crippen LogP contribution is 2.30. The van der Waals surface area contributed by atoms with Gasteiger partial charge in [0.05, 0.1) is 6.61 Å². The van der Waals surface area contributed by atoms with Crippen LogP contribution in [0.15, 0.2) is 12.1 Å². The summed E-state index contributed by atoms with van der Waals surface area (Å²) in [5, 5.41) is 0. The van der Waals surface area contributed by atoms with E-state index >= 15 is 0 Å². The van der Waals surface area contributed by atoms with Crippen LogP contribution < -0.4 is 4.74 Å². The predicted octanol–water partition coefficient (Wildman–Crippen LogP) is 2.75. The first-order chi connectivity index (χ1) is 10.8. The van der Waals surface area contributed by atoms with Gasteiger partial charge < -0.3 is 14.5 Å². The first-order valence-electron chi connectivity index (χ1n) is 8.94. The van der Waals surface area contributed by atoms with Gasteiger partial charge in [-0.3, -0.25) is 0 Å². The molecule has 22 heavy (non-hydrogen) atoms. The Morgan fingerprint density at radius 3 is 2.50 bits per heavy atom. The average Bonchev–Trinajstić information content (AvgIpc) is 2.97. The Morgan fingerprint density at radius 1 is 1.05 bits per heavy atom. The molecule has 1 saturated heterocycles. The molecular formula is C19H30N2O. The zero-order chi connectivity index (χ0) is 15.4. The van der Waals surface area contributed by atoms with Gasteiger partial charge in [-0.25, -0.2) is 0 Å². The third-order valence-corrected chi connectivity index (χ3v) is 5.09. The monoisotopic (exact) mass is 302 g/mol. The van der Waals surface area contributed by atoms with Crippen LogP contribution in [-0.2, 0) is 19.3 Å². The zero-order valence-corrected chi connectivity index (χ0v) is 14.2. The summed E-state index contributed by atoms with van der Waals surface area (Å²) >= 11 is 0. The molecule has 1 aliphatic carbocycles. The number of rotatable bonds is 6. The molecule has 1 aromatic carbocycles. The molecule has 1 heterocycles. The highest BCUT2D eigenvalue weighted by atomic mass is 16.5. The van der Waals surface area contributed by atoms with Crippen molar-refractivity contribution in [1.82, 2.24) is 9.80 Å². The van der Waals surface area contributed by atoms with Crippen LogP contribution in [-0.4, -0.2) is 56.2 Å². The van der Waals surface area contributed by atoms with Crippen molar-refractivity contribution in [3.63, 3.8) is 0 Å². The molecule has 1 aromatic rings. The molecule has 0 unspecified atom stereocenters. The number of hydrogen-bond acceptors (Lipinski definition) is 3. The van der Waals surface area contributed by atoms with Crippen molar-refractivity contribution in [2.24, 2.45) is 0 Å². The molecule has 0 atom stereocenters. The van der Waals surface area contributed by atoms with Crippen molar-refractivity contribution in [3.8, 4) is 5.75 Å². The SMILES string of the molecule is CCOc1cc2c(cc1CCCN1CCN(C)CC1)CCC2. The minimum atomic E-state index is 0.768. The van der Waals surface area contributed by atoms with Crippen LogP contribution in [0.2, 0.25) is 0 Å². The number of likely N-dealkylation sites (N-methyl/N-ethyl adjacent to an activating group) is 1. The normalized spacial score (nSPS) is 19.4. The summed E-state index contributed by atoms with van der Waals surface area (Å²) in [7, 11) is 2.22. The Balaban J connectivity index is 1.57. The van der Waals surface area contributed by atoms with Crippen molar-refractivity contribution in [2.75, 3.05) is 46.4 Å². The molecule has 1 aliphatic heterocycles. The minimum absolute atomic E-state index is 0.768. The number of piperazine rings is 1. The number of benzene rings is 1. The topological polar surface area (TPSA) is 15.7 Å². The number of nitrogens with zero attached hydrogens (tertiary/aromatic N) is 2. The van der Waals surface area contributed by atoms with Crippen LogP contribution in [0.1, 0.15) is 36.5 Å². The second-order valence-corrected chi connectivity index (χ2v) is 6.76. The summed E-state index contributed by atoms with van der Waals surface area (Å²) in [6.45, 7) is 8.94. The minimum Gasteiger partial charge on any atom is -0.494 e. The lowest BCUT2D eigenvalue weighted by atomic mass is 10.0. The highest BCUT2D eigenvalue weighted by Gasteiger charge is 2.16. The van der Waals surface area contributed by atoms with E-state index in [9.17, 15) is 0 Å². The van der Waals surface area contributed by atoms with E-state index < -0.39 is 0 Å². The summed E-state index contributed by atoms with van der Waals surface area (Å²) in [4.78, 5) is 5.03. The Hall–Kier alpha value is -1.06. The van der Waals surface area contributed by atoms with E-state index in [1.165, 1.54) is 69.5 Å². The second kappa shape index (κ2) is 7.47. The molecule has 3 rings (SSSR count). The largest absolute Gasteiger partial charge is 0.494 e. The van der Waals surface area contributed by atoms with E-state index in [0.717, 1.165) is 18.8 Å². The summed E-state index contributed by atoms with van der Waals surface area (Å²) in [6.07, 6.45) is 6.19. The van der Waals surface area contributed by atoms with Gasteiger partial charge in [-0.05, 0) is 75.4 Å². The molecular weight excluding hydrogens is 272 g/mol. The van der Waals surface area contributed by atoms with E-state index in [0.29, 0.717) is 0 Å². The van der Waals surface area contributed by atoms with E-state index in [-0.39, 0.29) is 0 Å². The van der Waals surface area contributed by atoms with Crippen LogP contribution in [0.5, 0.6) is 5.75 Å². The summed E-state index contributed by atoms with van der Waals surface area (Å²) in [6, 6.07) is 4.74. The van der Waals surface area contributed by atoms with Crippen LogP contribution in [0.25, 0.3) is 0 Å². The Labute approximate surface area is 135 Å². The van der Waals surface area contributed by atoms with Gasteiger partial charge in [-0.15, -0.1) is 0 Å². The molecule has 2 aliphatic rings. The first-order valence-corrected chi connectivity index (χ1v) is 8.94. The van der Waals surface area contributed by atoms with Crippen LogP contribution >= 0.6 is 0 Å². The molecule has 3 heteroatoms. The third-order valence-electron chi connectivity index (χ3n) is 5.09. The summed E-state index contributed by atoms with van der Waals surface area (Å²) in [5.74, 6) is 1.14. The molecule has 0 N–H and O–H groups in total. The van der Waals surface area contributed by atoms with Gasteiger partial charge in [0.15, 0.2) is 0 Å². The maximum absolute atomic E-state index is 5.90. The molecule has 0 saturated carbocycles. The van der Waals surface area contributed by atoms with Crippen molar-refractivity contribution in [2.45, 2.75) is 39.0 Å². The molecule has 122 valence electrons. The standard InChI is InChI=1S/C19H30N2O/c1-3-22-19-15-17-7-4-6-16(17)14-18(19)8-5-9-21-12-10-20(2)11-13-21/h14-15H,3-13H2,1-2H3. The molecule has 0 spiro atoms. The van der Waals surface area contributed by atoms with Gasteiger partial charge in [-0.1, -0.05) is 6.07 Å². The van der Waals surface area contributed by atoms with Gasteiger partial charge in [-0.2, -0.15) is 0 Å². The molecule has 0 bridgehead atoms. The summed E-state index contributed by atoms with van der Waals surface area (Å²) < 4.78 is 5.90. The van der Waals surface area contributed by atoms with Crippen molar-refractivity contribution in [1.29, 1.82) is 0 Å². The van der Waals surface area contributed by atoms with Gasteiger partial charge >= 0.3 is 0 Å². The van der Waals surface area contributed by atoms with Crippen molar-refractivity contribution in [3.05, 3.63) is 28.8 Å². The lowest BCUT2D eigenvalue weighted by Gasteiger charge is -2.32. The smallest absolute Gasteiger partial charge is 0.122 e. The number of ether oxygens (including phenoxy) is 1. The van der Waals surface area contributed by atoms with E-state index in [4.69, 9.17) is 4.74 Å². The lowest BCUT2D eigenvalue weighted by Crippen LogP contribution is -2.44. The molecule has 3 nitrogen and oxygen atoms in total. The van der Waals surface area contributed by atoms with Crippen molar-refractivity contribution < 1.29 is 4.74 Å². The first kappa shape index (κ1) is 15.8. The Bertz CT molecular complexity index is 492.